The Balaban J connectivity index is 1.97. The van der Waals surface area contributed by atoms with Gasteiger partial charge in [0.2, 0.25) is 5.56 Å². The van der Waals surface area contributed by atoms with Crippen LogP contribution in [0.15, 0.2) is 53.5 Å². The summed E-state index contributed by atoms with van der Waals surface area (Å²) < 4.78 is 32.9. The number of halogens is 3. The van der Waals surface area contributed by atoms with Crippen LogP contribution in [0.5, 0.6) is 11.5 Å². The molecule has 0 atom stereocenters. The Hall–Kier alpha value is -3.19. The number of pyridine rings is 1. The molecule has 138 valence electrons. The molecule has 0 aliphatic heterocycles. The zero-order chi connectivity index (χ0) is 19.6. The van der Waals surface area contributed by atoms with Gasteiger partial charge in [-0.25, -0.2) is 8.78 Å². The second kappa shape index (κ2) is 7.59. The summed E-state index contributed by atoms with van der Waals surface area (Å²) in [5, 5.41) is 2.25. The van der Waals surface area contributed by atoms with Crippen molar-refractivity contribution in [2.75, 3.05) is 5.32 Å². The van der Waals surface area contributed by atoms with Crippen LogP contribution >= 0.6 is 11.6 Å². The number of nitrogens with one attached hydrogen (secondary N) is 2. The molecular formula is C19H13ClF2N2O3. The standard InChI is InChI=1S/C19H13ClF2N2O3/c1-10-6-11(21)2-3-16(10)27-17-9-14(20)15(22)8-13(17)19(26)24-12-4-5-23-18(25)7-12/h2-9H,1H3,(H2,23,24,25,26). The van der Waals surface area contributed by atoms with Crippen molar-refractivity contribution in [3.05, 3.63) is 86.8 Å². The van der Waals surface area contributed by atoms with Crippen LogP contribution in [0, 0.1) is 18.6 Å². The zero-order valence-electron chi connectivity index (χ0n) is 14.0. The maximum absolute atomic E-state index is 13.9. The molecule has 0 saturated carbocycles. The fourth-order valence-corrected chi connectivity index (χ4v) is 2.51. The van der Waals surface area contributed by atoms with E-state index in [9.17, 15) is 18.4 Å². The zero-order valence-corrected chi connectivity index (χ0v) is 14.7. The van der Waals surface area contributed by atoms with E-state index in [1.54, 1.807) is 6.92 Å². The van der Waals surface area contributed by atoms with E-state index in [1.165, 1.54) is 36.5 Å². The predicted octanol–water partition coefficient (Wildman–Crippen LogP) is 4.66. The van der Waals surface area contributed by atoms with Crippen molar-refractivity contribution >= 4 is 23.2 Å². The van der Waals surface area contributed by atoms with Gasteiger partial charge in [0.15, 0.2) is 0 Å². The minimum absolute atomic E-state index is 0.0153. The summed E-state index contributed by atoms with van der Waals surface area (Å²) in [6.45, 7) is 1.62. The minimum atomic E-state index is -0.809. The number of H-pyrrole nitrogens is 1. The number of ether oxygens (including phenoxy) is 1. The molecule has 0 bridgehead atoms. The van der Waals surface area contributed by atoms with E-state index in [-0.39, 0.29) is 27.8 Å². The number of aryl methyl sites for hydroxylation is 1. The number of benzene rings is 2. The maximum atomic E-state index is 13.9. The molecule has 0 saturated heterocycles. The first-order valence-electron chi connectivity index (χ1n) is 7.76. The molecular weight excluding hydrogens is 378 g/mol. The summed E-state index contributed by atoms with van der Waals surface area (Å²) in [4.78, 5) is 26.3. The molecule has 5 nitrogen and oxygen atoms in total. The number of carbonyl (C=O) groups is 1. The molecule has 3 aromatic rings. The van der Waals surface area contributed by atoms with E-state index in [2.05, 4.69) is 10.3 Å². The van der Waals surface area contributed by atoms with Gasteiger partial charge < -0.3 is 15.0 Å². The number of amides is 1. The highest BCUT2D eigenvalue weighted by Crippen LogP contribution is 2.32. The lowest BCUT2D eigenvalue weighted by Crippen LogP contribution is -2.15. The molecule has 0 aliphatic carbocycles. The summed E-state index contributed by atoms with van der Waals surface area (Å²) in [7, 11) is 0. The Morgan fingerprint density at radius 3 is 2.59 bits per heavy atom. The third kappa shape index (κ3) is 4.32. The first-order chi connectivity index (χ1) is 12.8. The second-order valence-electron chi connectivity index (χ2n) is 5.67. The molecule has 0 spiro atoms. The number of aromatic nitrogens is 1. The summed E-state index contributed by atoms with van der Waals surface area (Å²) in [5.41, 5.74) is 0.161. The fraction of sp³-hybridized carbons (Fsp3) is 0.0526. The lowest BCUT2D eigenvalue weighted by Gasteiger charge is -2.14. The van der Waals surface area contributed by atoms with Crippen molar-refractivity contribution in [3.8, 4) is 11.5 Å². The first kappa shape index (κ1) is 18.6. The molecule has 3 rings (SSSR count). The Labute approximate surface area is 157 Å². The van der Waals surface area contributed by atoms with Crippen molar-refractivity contribution < 1.29 is 18.3 Å². The second-order valence-corrected chi connectivity index (χ2v) is 6.08. The number of carbonyl (C=O) groups excluding carboxylic acids is 1. The van der Waals surface area contributed by atoms with Gasteiger partial charge in [0.25, 0.3) is 5.91 Å². The fourth-order valence-electron chi connectivity index (χ4n) is 2.36. The van der Waals surface area contributed by atoms with Gasteiger partial charge >= 0.3 is 0 Å². The summed E-state index contributed by atoms with van der Waals surface area (Å²) >= 11 is 5.81. The highest BCUT2D eigenvalue weighted by molar-refractivity contribution is 6.31. The Kier molecular flexibility index (Phi) is 5.23. The average molecular weight is 391 g/mol. The molecule has 0 unspecified atom stereocenters. The lowest BCUT2D eigenvalue weighted by molar-refractivity contribution is 0.102. The van der Waals surface area contributed by atoms with Gasteiger partial charge in [0, 0.05) is 24.0 Å². The van der Waals surface area contributed by atoms with Crippen LogP contribution in [-0.2, 0) is 0 Å². The largest absolute Gasteiger partial charge is 0.456 e. The molecule has 1 aromatic heterocycles. The minimum Gasteiger partial charge on any atom is -0.456 e. The molecule has 8 heteroatoms. The van der Waals surface area contributed by atoms with Gasteiger partial charge in [-0.3, -0.25) is 9.59 Å². The number of aromatic amines is 1. The summed E-state index contributed by atoms with van der Waals surface area (Å²) in [6.07, 6.45) is 1.36. The van der Waals surface area contributed by atoms with Gasteiger partial charge in [0.1, 0.15) is 23.1 Å². The van der Waals surface area contributed by atoms with Gasteiger partial charge in [-0.15, -0.1) is 0 Å². The van der Waals surface area contributed by atoms with Crippen molar-refractivity contribution in [3.63, 3.8) is 0 Å². The molecule has 1 amide bonds. The van der Waals surface area contributed by atoms with Gasteiger partial charge in [0.05, 0.1) is 10.6 Å². The Morgan fingerprint density at radius 2 is 1.89 bits per heavy atom. The lowest BCUT2D eigenvalue weighted by atomic mass is 10.1. The van der Waals surface area contributed by atoms with Crippen LogP contribution in [0.1, 0.15) is 15.9 Å². The van der Waals surface area contributed by atoms with Gasteiger partial charge in [-0.05, 0) is 42.8 Å². The van der Waals surface area contributed by atoms with Crippen molar-refractivity contribution in [2.24, 2.45) is 0 Å². The normalized spacial score (nSPS) is 10.5. The van der Waals surface area contributed by atoms with Gasteiger partial charge in [-0.2, -0.15) is 0 Å². The highest BCUT2D eigenvalue weighted by Gasteiger charge is 2.18. The SMILES string of the molecule is Cc1cc(F)ccc1Oc1cc(Cl)c(F)cc1C(=O)Nc1cc[nH]c(=O)c1. The molecule has 2 N–H and O–H groups in total. The van der Waals surface area contributed by atoms with Crippen molar-refractivity contribution in [1.82, 2.24) is 4.98 Å². The average Bonchev–Trinajstić information content (AvgIpc) is 2.60. The third-order valence-electron chi connectivity index (χ3n) is 3.66. The van der Waals surface area contributed by atoms with E-state index in [0.29, 0.717) is 5.56 Å². The predicted molar refractivity (Wildman–Crippen MR) is 97.6 cm³/mol. The molecule has 27 heavy (non-hydrogen) atoms. The number of anilines is 1. The van der Waals surface area contributed by atoms with E-state index in [4.69, 9.17) is 16.3 Å². The van der Waals surface area contributed by atoms with E-state index < -0.39 is 23.1 Å². The molecule has 0 radical (unpaired) electrons. The molecule has 0 aliphatic rings. The van der Waals surface area contributed by atoms with Gasteiger partial charge in [-0.1, -0.05) is 11.6 Å². The Bertz CT molecular complexity index is 1080. The molecule has 2 aromatic carbocycles. The van der Waals surface area contributed by atoms with Crippen molar-refractivity contribution in [1.29, 1.82) is 0 Å². The summed E-state index contributed by atoms with van der Waals surface area (Å²) in [5.74, 6) is -1.69. The smallest absolute Gasteiger partial charge is 0.259 e. The monoisotopic (exact) mass is 390 g/mol. The highest BCUT2D eigenvalue weighted by atomic mass is 35.5. The molecule has 0 fully saturated rings. The number of hydrogen-bond donors (Lipinski definition) is 2. The molecule has 1 heterocycles. The van der Waals surface area contributed by atoms with Crippen LogP contribution < -0.4 is 15.6 Å². The quantitative estimate of drug-likeness (QED) is 0.680. The number of hydrogen-bond acceptors (Lipinski definition) is 3. The summed E-state index contributed by atoms with van der Waals surface area (Å²) in [6, 6.07) is 8.58. The van der Waals surface area contributed by atoms with E-state index >= 15 is 0 Å². The van der Waals surface area contributed by atoms with Crippen LogP contribution in [0.25, 0.3) is 0 Å². The van der Waals surface area contributed by atoms with Crippen LogP contribution in [0.4, 0.5) is 14.5 Å². The number of rotatable bonds is 4. The van der Waals surface area contributed by atoms with Crippen LogP contribution in [0.2, 0.25) is 5.02 Å². The maximum Gasteiger partial charge on any atom is 0.259 e. The van der Waals surface area contributed by atoms with Crippen molar-refractivity contribution in [2.45, 2.75) is 6.92 Å². The van der Waals surface area contributed by atoms with Crippen LogP contribution in [0.3, 0.4) is 0 Å². The van der Waals surface area contributed by atoms with E-state index in [0.717, 1.165) is 12.1 Å². The van der Waals surface area contributed by atoms with E-state index in [1.807, 2.05) is 0 Å². The third-order valence-corrected chi connectivity index (χ3v) is 3.95. The van der Waals surface area contributed by atoms with Crippen LogP contribution in [-0.4, -0.2) is 10.9 Å². The topological polar surface area (TPSA) is 71.2 Å². The first-order valence-corrected chi connectivity index (χ1v) is 8.14. The Morgan fingerprint density at radius 1 is 1.11 bits per heavy atom.